The zero-order valence-corrected chi connectivity index (χ0v) is 28.3. The van der Waals surface area contributed by atoms with E-state index in [0.717, 1.165) is 11.1 Å². The number of benzene rings is 4. The molecule has 2 N–H and O–H groups in total. The van der Waals surface area contributed by atoms with E-state index in [1.54, 1.807) is 80.6 Å². The second-order valence-electron chi connectivity index (χ2n) is 11.1. The molecular weight excluding hydrogens is 620 g/mol. The number of para-hydroxylation sites is 1. The third kappa shape index (κ3) is 11.8. The lowest BCUT2D eigenvalue weighted by molar-refractivity contribution is -0.118. The summed E-state index contributed by atoms with van der Waals surface area (Å²) < 4.78 is 4.95. The number of rotatable bonds is 14. The Morgan fingerprint density at radius 3 is 1.82 bits per heavy atom. The van der Waals surface area contributed by atoms with Gasteiger partial charge in [0.1, 0.15) is 5.78 Å². The Morgan fingerprint density at radius 1 is 0.633 bits per heavy atom. The van der Waals surface area contributed by atoms with Crippen LogP contribution in [0, 0.1) is 0 Å². The van der Waals surface area contributed by atoms with Crippen molar-refractivity contribution < 1.29 is 33.5 Å². The van der Waals surface area contributed by atoms with Gasteiger partial charge in [-0.15, -0.1) is 0 Å². The van der Waals surface area contributed by atoms with Gasteiger partial charge in [-0.1, -0.05) is 62.4 Å². The number of hydrogen-bond donors (Lipinski definition) is 2. The van der Waals surface area contributed by atoms with E-state index >= 15 is 0 Å². The molecule has 0 saturated heterocycles. The smallest absolute Gasteiger partial charge is 0.338 e. The highest BCUT2D eigenvalue weighted by Gasteiger charge is 2.14. The first-order chi connectivity index (χ1) is 23.6. The Kier molecular flexibility index (Phi) is 14.8. The van der Waals surface area contributed by atoms with Gasteiger partial charge in [-0.25, -0.2) is 9.59 Å². The summed E-state index contributed by atoms with van der Waals surface area (Å²) in [6.45, 7) is 7.19. The molecule has 254 valence electrons. The predicted octanol–water partition coefficient (Wildman–Crippen LogP) is 8.33. The number of amides is 2. The van der Waals surface area contributed by atoms with E-state index < -0.39 is 6.03 Å². The first-order valence-corrected chi connectivity index (χ1v) is 16.3. The number of esters is 1. The van der Waals surface area contributed by atoms with Crippen molar-refractivity contribution in [1.29, 1.82) is 0 Å². The Labute approximate surface area is 287 Å². The van der Waals surface area contributed by atoms with E-state index in [4.69, 9.17) is 4.74 Å². The minimum atomic E-state index is -0.447. The van der Waals surface area contributed by atoms with Gasteiger partial charge in [0.15, 0.2) is 17.3 Å². The maximum atomic E-state index is 12.3. The fourth-order valence-corrected chi connectivity index (χ4v) is 4.84. The van der Waals surface area contributed by atoms with Crippen LogP contribution in [0.5, 0.6) is 0 Å². The second-order valence-corrected chi connectivity index (χ2v) is 11.1. The molecule has 49 heavy (non-hydrogen) atoms. The molecule has 0 radical (unpaired) electrons. The average molecular weight is 663 g/mol. The number of carbonyl (C=O) groups excluding carboxylic acids is 6. The molecule has 0 aliphatic carbocycles. The lowest BCUT2D eigenvalue weighted by atomic mass is 9.96. The van der Waals surface area contributed by atoms with Crippen LogP contribution in [0.1, 0.15) is 99.5 Å². The highest BCUT2D eigenvalue weighted by atomic mass is 16.5. The van der Waals surface area contributed by atoms with Crippen molar-refractivity contribution in [3.8, 4) is 0 Å². The van der Waals surface area contributed by atoms with Crippen LogP contribution in [0.25, 0.3) is 0 Å². The van der Waals surface area contributed by atoms with Crippen LogP contribution in [-0.2, 0) is 22.4 Å². The van der Waals surface area contributed by atoms with Crippen molar-refractivity contribution in [3.05, 3.63) is 130 Å². The van der Waals surface area contributed by atoms with Gasteiger partial charge in [0.25, 0.3) is 0 Å². The highest BCUT2D eigenvalue weighted by Crippen LogP contribution is 2.18. The zero-order chi connectivity index (χ0) is 35.8. The SMILES string of the molecule is CCC(=O)c1ccccc1NC(=O)Nc1ccc(C(C)=O)cc1.CCOC(=O)c1ccc(CCC(=O)Cc2ccccc2C(=O)CC)cc1. The Hall–Kier alpha value is -5.70. The van der Waals surface area contributed by atoms with Gasteiger partial charge in [-0.3, -0.25) is 19.2 Å². The minimum Gasteiger partial charge on any atom is -0.462 e. The topological polar surface area (TPSA) is 136 Å². The van der Waals surface area contributed by atoms with Crippen LogP contribution < -0.4 is 10.6 Å². The number of anilines is 2. The number of Topliss-reactive ketones (excluding diaryl/α,β-unsaturated/α-hetero) is 4. The number of urea groups is 1. The molecule has 9 heteroatoms. The molecule has 0 atom stereocenters. The summed E-state index contributed by atoms with van der Waals surface area (Å²) in [6.07, 6.45) is 2.06. The van der Waals surface area contributed by atoms with Crippen LogP contribution in [-0.4, -0.2) is 41.7 Å². The number of aryl methyl sites for hydroxylation is 1. The van der Waals surface area contributed by atoms with Gasteiger partial charge in [0.05, 0.1) is 17.9 Å². The van der Waals surface area contributed by atoms with Crippen LogP contribution in [0.3, 0.4) is 0 Å². The first-order valence-electron chi connectivity index (χ1n) is 16.3. The van der Waals surface area contributed by atoms with Crippen LogP contribution in [0.2, 0.25) is 0 Å². The third-order valence-corrected chi connectivity index (χ3v) is 7.53. The molecule has 0 fully saturated rings. The van der Waals surface area contributed by atoms with Gasteiger partial charge in [0.2, 0.25) is 0 Å². The van der Waals surface area contributed by atoms with E-state index in [0.29, 0.717) is 65.9 Å². The summed E-state index contributed by atoms with van der Waals surface area (Å²) in [5, 5.41) is 5.34. The fourth-order valence-electron chi connectivity index (χ4n) is 4.84. The van der Waals surface area contributed by atoms with Crippen molar-refractivity contribution >= 4 is 46.5 Å². The molecule has 0 heterocycles. The molecule has 4 rings (SSSR count). The van der Waals surface area contributed by atoms with E-state index in [1.165, 1.54) is 6.92 Å². The second kappa shape index (κ2) is 19.2. The van der Waals surface area contributed by atoms with E-state index in [1.807, 2.05) is 37.3 Å². The molecule has 9 nitrogen and oxygen atoms in total. The lowest BCUT2D eigenvalue weighted by Gasteiger charge is -2.11. The highest BCUT2D eigenvalue weighted by molar-refractivity contribution is 6.07. The molecule has 0 unspecified atom stereocenters. The maximum Gasteiger partial charge on any atom is 0.338 e. The van der Waals surface area contributed by atoms with Crippen molar-refractivity contribution in [2.24, 2.45) is 0 Å². The normalized spacial score (nSPS) is 10.2. The summed E-state index contributed by atoms with van der Waals surface area (Å²) in [5.41, 5.74) is 5.03. The number of hydrogen-bond acceptors (Lipinski definition) is 7. The zero-order valence-electron chi connectivity index (χ0n) is 28.3. The number of nitrogens with one attached hydrogen (secondary N) is 2. The fraction of sp³-hybridized carbons (Fsp3) is 0.250. The lowest BCUT2D eigenvalue weighted by Crippen LogP contribution is -2.21. The first kappa shape index (κ1) is 37.8. The minimum absolute atomic E-state index is 0.0343. The van der Waals surface area contributed by atoms with Crippen LogP contribution in [0.4, 0.5) is 16.2 Å². The van der Waals surface area contributed by atoms with Crippen LogP contribution >= 0.6 is 0 Å². The molecule has 0 aromatic heterocycles. The summed E-state index contributed by atoms with van der Waals surface area (Å²) in [6, 6.07) is 27.4. The quantitative estimate of drug-likeness (QED) is 0.102. The van der Waals surface area contributed by atoms with E-state index in [9.17, 15) is 28.8 Å². The standard InChI is InChI=1S/C22H24O4.C18H18N2O3/c1-3-21(24)20-8-6-5-7-18(20)15-19(23)14-11-16-9-12-17(13-10-16)22(25)26-4-2;1-3-17(22)15-6-4-5-7-16(15)20-18(23)19-14-10-8-13(9-11-14)12(2)21/h5-10,12-13H,3-4,11,14-15H2,1-2H3;4-11H,3H2,1-2H3,(H2,19,20,23). The van der Waals surface area contributed by atoms with Crippen molar-refractivity contribution in [3.63, 3.8) is 0 Å². The van der Waals surface area contributed by atoms with Crippen molar-refractivity contribution in [1.82, 2.24) is 0 Å². The van der Waals surface area contributed by atoms with Gasteiger partial charge < -0.3 is 15.4 Å². The van der Waals surface area contributed by atoms with Crippen LogP contribution in [0.15, 0.2) is 97.1 Å². The molecule has 0 aliphatic heterocycles. The Morgan fingerprint density at radius 2 is 1.20 bits per heavy atom. The average Bonchev–Trinajstić information content (AvgIpc) is 3.11. The molecule has 4 aromatic carbocycles. The van der Waals surface area contributed by atoms with Crippen molar-refractivity contribution in [2.45, 2.75) is 59.8 Å². The molecule has 4 aromatic rings. The molecular formula is C40H42N2O7. The Bertz CT molecular complexity index is 1780. The maximum absolute atomic E-state index is 12.3. The van der Waals surface area contributed by atoms with Gasteiger partial charge in [0, 0.05) is 48.1 Å². The molecule has 0 bridgehead atoms. The Balaban J connectivity index is 0.000000267. The summed E-state index contributed by atoms with van der Waals surface area (Å²) in [4.78, 5) is 71.1. The predicted molar refractivity (Wildman–Crippen MR) is 191 cm³/mol. The summed E-state index contributed by atoms with van der Waals surface area (Å²) in [7, 11) is 0. The van der Waals surface area contributed by atoms with Gasteiger partial charge in [-0.05, 0) is 79.9 Å². The molecule has 0 spiro atoms. The number of ether oxygens (including phenoxy) is 1. The third-order valence-electron chi connectivity index (χ3n) is 7.53. The van der Waals surface area contributed by atoms with Gasteiger partial charge >= 0.3 is 12.0 Å². The van der Waals surface area contributed by atoms with Gasteiger partial charge in [-0.2, -0.15) is 0 Å². The summed E-state index contributed by atoms with van der Waals surface area (Å²) in [5.74, 6) is -0.259. The molecule has 2 amide bonds. The number of ketones is 4. The molecule has 0 saturated carbocycles. The van der Waals surface area contributed by atoms with E-state index in [2.05, 4.69) is 10.6 Å². The van der Waals surface area contributed by atoms with E-state index in [-0.39, 0.29) is 35.5 Å². The van der Waals surface area contributed by atoms with Crippen molar-refractivity contribution in [2.75, 3.05) is 17.2 Å². The molecule has 0 aliphatic rings. The monoisotopic (exact) mass is 662 g/mol. The summed E-state index contributed by atoms with van der Waals surface area (Å²) >= 11 is 0. The number of carbonyl (C=O) groups is 6. The largest absolute Gasteiger partial charge is 0.462 e.